The van der Waals surface area contributed by atoms with Gasteiger partial charge in [0.1, 0.15) is 0 Å². The van der Waals surface area contributed by atoms with Gasteiger partial charge >= 0.3 is 0 Å². The lowest BCUT2D eigenvalue weighted by Crippen LogP contribution is -2.35. The molecule has 3 N–H and O–H groups in total. The average molecular weight is 301 g/mol. The van der Waals surface area contributed by atoms with E-state index < -0.39 is 0 Å². The van der Waals surface area contributed by atoms with Gasteiger partial charge in [-0.2, -0.15) is 0 Å². The third-order valence-electron chi connectivity index (χ3n) is 4.07. The predicted octanol–water partition coefficient (Wildman–Crippen LogP) is 5.20. The average Bonchev–Trinajstić information content (AvgIpc) is 2.34. The topological polar surface area (TPSA) is 38.0 Å². The second kappa shape index (κ2) is 6.23. The second-order valence-corrected chi connectivity index (χ2v) is 6.62. The number of benzene rings is 1. The normalized spacial score (nSPS) is 23.6. The van der Waals surface area contributed by atoms with Crippen LogP contribution in [-0.2, 0) is 0 Å². The number of hydrogen-bond acceptors (Lipinski definition) is 2. The molecule has 0 amide bonds. The summed E-state index contributed by atoms with van der Waals surface area (Å²) in [7, 11) is 0. The van der Waals surface area contributed by atoms with Gasteiger partial charge in [0, 0.05) is 11.7 Å². The van der Waals surface area contributed by atoms with E-state index in [0.717, 1.165) is 5.69 Å². The Morgan fingerprint density at radius 1 is 1.16 bits per heavy atom. The number of halogens is 2. The Balaban J connectivity index is 2.19. The molecule has 0 aliphatic heterocycles. The Labute approximate surface area is 125 Å². The molecule has 0 aromatic heterocycles. The summed E-state index contributed by atoms with van der Waals surface area (Å²) in [6.45, 7) is 4.58. The number of nitrogens with two attached hydrogens (primary N) is 1. The van der Waals surface area contributed by atoms with Crippen molar-refractivity contribution in [1.82, 2.24) is 0 Å². The van der Waals surface area contributed by atoms with Crippen molar-refractivity contribution in [3.8, 4) is 0 Å². The Hall–Kier alpha value is -0.600. The van der Waals surface area contributed by atoms with Crippen LogP contribution in [0.4, 0.5) is 11.4 Å². The van der Waals surface area contributed by atoms with Crippen LogP contribution < -0.4 is 11.1 Å². The molecule has 0 heterocycles. The first-order valence-corrected chi connectivity index (χ1v) is 7.75. The van der Waals surface area contributed by atoms with Crippen LogP contribution in [0, 0.1) is 11.8 Å². The van der Waals surface area contributed by atoms with Gasteiger partial charge in [-0.1, -0.05) is 49.9 Å². The van der Waals surface area contributed by atoms with Gasteiger partial charge in [-0.3, -0.25) is 0 Å². The smallest absolute Gasteiger partial charge is 0.0722 e. The van der Waals surface area contributed by atoms with E-state index in [1.807, 2.05) is 0 Å². The Morgan fingerprint density at radius 3 is 2.32 bits per heavy atom. The lowest BCUT2D eigenvalue weighted by atomic mass is 9.78. The fourth-order valence-electron chi connectivity index (χ4n) is 3.05. The highest BCUT2D eigenvalue weighted by molar-refractivity contribution is 6.39. The maximum absolute atomic E-state index is 6.25. The van der Waals surface area contributed by atoms with Crippen LogP contribution in [-0.4, -0.2) is 6.04 Å². The van der Waals surface area contributed by atoms with Gasteiger partial charge in [0.25, 0.3) is 0 Å². The van der Waals surface area contributed by atoms with Crippen LogP contribution in [0.1, 0.15) is 39.5 Å². The second-order valence-electron chi connectivity index (χ2n) is 5.80. The zero-order valence-electron chi connectivity index (χ0n) is 11.5. The predicted molar refractivity (Wildman–Crippen MR) is 85.1 cm³/mol. The molecule has 0 saturated heterocycles. The molecular formula is C15H22Cl2N2. The van der Waals surface area contributed by atoms with Crippen molar-refractivity contribution in [2.24, 2.45) is 11.8 Å². The monoisotopic (exact) mass is 300 g/mol. The molecule has 0 radical (unpaired) electrons. The van der Waals surface area contributed by atoms with Crippen LogP contribution in [0.5, 0.6) is 0 Å². The van der Waals surface area contributed by atoms with E-state index in [2.05, 4.69) is 19.2 Å². The fraction of sp³-hybridized carbons (Fsp3) is 0.600. The summed E-state index contributed by atoms with van der Waals surface area (Å²) in [6, 6.07) is 3.96. The summed E-state index contributed by atoms with van der Waals surface area (Å²) in [4.78, 5) is 0. The molecule has 1 saturated carbocycles. The van der Waals surface area contributed by atoms with E-state index in [9.17, 15) is 0 Å². The van der Waals surface area contributed by atoms with E-state index in [-0.39, 0.29) is 0 Å². The summed E-state index contributed by atoms with van der Waals surface area (Å²) in [5.41, 5.74) is 7.17. The van der Waals surface area contributed by atoms with Crippen molar-refractivity contribution < 1.29 is 0 Å². The summed E-state index contributed by atoms with van der Waals surface area (Å²) >= 11 is 12.5. The van der Waals surface area contributed by atoms with Gasteiger partial charge in [0.05, 0.1) is 15.7 Å². The van der Waals surface area contributed by atoms with Crippen LogP contribution in [0.3, 0.4) is 0 Å². The molecule has 1 aromatic carbocycles. The minimum atomic E-state index is 0.451. The number of nitrogens with one attached hydrogen (secondary N) is 1. The Bertz CT molecular complexity index is 423. The molecule has 1 aromatic rings. The molecule has 2 unspecified atom stereocenters. The molecular weight excluding hydrogens is 279 g/mol. The lowest BCUT2D eigenvalue weighted by molar-refractivity contribution is 0.254. The van der Waals surface area contributed by atoms with Gasteiger partial charge < -0.3 is 11.1 Å². The van der Waals surface area contributed by atoms with Crippen molar-refractivity contribution in [2.75, 3.05) is 11.1 Å². The molecule has 2 atom stereocenters. The number of anilines is 2. The molecule has 1 aliphatic carbocycles. The number of hydrogen-bond donors (Lipinski definition) is 2. The first-order valence-electron chi connectivity index (χ1n) is 7.00. The summed E-state index contributed by atoms with van der Waals surface area (Å²) in [5, 5.41) is 4.78. The van der Waals surface area contributed by atoms with Crippen molar-refractivity contribution in [3.05, 3.63) is 22.2 Å². The fourth-order valence-corrected chi connectivity index (χ4v) is 3.67. The van der Waals surface area contributed by atoms with E-state index >= 15 is 0 Å². The van der Waals surface area contributed by atoms with Gasteiger partial charge in [-0.25, -0.2) is 0 Å². The standard InChI is InChI=1S/C15H22Cl2N2/c1-9(2)11-5-3-4-6-14(11)19-15-12(16)7-10(18)8-13(15)17/h7-9,11,14,19H,3-6,18H2,1-2H3. The van der Waals surface area contributed by atoms with Crippen molar-refractivity contribution >= 4 is 34.6 Å². The quantitative estimate of drug-likeness (QED) is 0.753. The minimum absolute atomic E-state index is 0.451. The van der Waals surface area contributed by atoms with Crippen molar-refractivity contribution in [3.63, 3.8) is 0 Å². The van der Waals surface area contributed by atoms with Crippen LogP contribution in [0.15, 0.2) is 12.1 Å². The first kappa shape index (κ1) is 14.8. The maximum Gasteiger partial charge on any atom is 0.0722 e. The summed E-state index contributed by atoms with van der Waals surface area (Å²) in [5.74, 6) is 1.35. The lowest BCUT2D eigenvalue weighted by Gasteiger charge is -2.36. The molecule has 1 fully saturated rings. The van der Waals surface area contributed by atoms with Crippen molar-refractivity contribution in [2.45, 2.75) is 45.6 Å². The van der Waals surface area contributed by atoms with Gasteiger partial charge in [-0.15, -0.1) is 0 Å². The molecule has 2 nitrogen and oxygen atoms in total. The first-order chi connectivity index (χ1) is 8.99. The van der Waals surface area contributed by atoms with E-state index in [1.54, 1.807) is 12.1 Å². The van der Waals surface area contributed by atoms with Gasteiger partial charge in [0.2, 0.25) is 0 Å². The van der Waals surface area contributed by atoms with E-state index in [1.165, 1.54) is 25.7 Å². The molecule has 19 heavy (non-hydrogen) atoms. The summed E-state index contributed by atoms with van der Waals surface area (Å²) < 4.78 is 0. The SMILES string of the molecule is CC(C)C1CCCCC1Nc1c(Cl)cc(N)cc1Cl. The van der Waals surface area contributed by atoms with E-state index in [0.29, 0.717) is 33.6 Å². The highest BCUT2D eigenvalue weighted by Crippen LogP contribution is 2.37. The molecule has 0 bridgehead atoms. The zero-order valence-corrected chi connectivity index (χ0v) is 13.1. The third kappa shape index (κ3) is 3.49. The highest BCUT2D eigenvalue weighted by atomic mass is 35.5. The molecule has 106 valence electrons. The minimum Gasteiger partial charge on any atom is -0.399 e. The largest absolute Gasteiger partial charge is 0.399 e. The summed E-state index contributed by atoms with van der Waals surface area (Å²) in [6.07, 6.45) is 5.05. The van der Waals surface area contributed by atoms with Gasteiger partial charge in [-0.05, 0) is 36.8 Å². The molecule has 1 aliphatic rings. The Morgan fingerprint density at radius 2 is 1.74 bits per heavy atom. The van der Waals surface area contributed by atoms with E-state index in [4.69, 9.17) is 28.9 Å². The molecule has 2 rings (SSSR count). The molecule has 4 heteroatoms. The van der Waals surface area contributed by atoms with Crippen LogP contribution in [0.25, 0.3) is 0 Å². The maximum atomic E-state index is 6.25. The zero-order chi connectivity index (χ0) is 14.0. The number of rotatable bonds is 3. The number of nitrogen functional groups attached to an aromatic ring is 1. The third-order valence-corrected chi connectivity index (χ3v) is 4.67. The van der Waals surface area contributed by atoms with Gasteiger partial charge in [0.15, 0.2) is 0 Å². The highest BCUT2D eigenvalue weighted by Gasteiger charge is 2.28. The van der Waals surface area contributed by atoms with Crippen LogP contribution in [0.2, 0.25) is 10.0 Å². The van der Waals surface area contributed by atoms with Crippen molar-refractivity contribution in [1.29, 1.82) is 0 Å². The molecule has 0 spiro atoms. The Kier molecular flexibility index (Phi) is 4.86. The van der Waals surface area contributed by atoms with Crippen LogP contribution >= 0.6 is 23.2 Å².